The van der Waals surface area contributed by atoms with Gasteiger partial charge in [-0.25, -0.2) is 14.1 Å². The second-order valence-corrected chi connectivity index (χ2v) is 16.0. The van der Waals surface area contributed by atoms with E-state index in [2.05, 4.69) is 16.0 Å². The van der Waals surface area contributed by atoms with Crippen molar-refractivity contribution in [2.24, 2.45) is 10.8 Å². The lowest BCUT2D eigenvalue weighted by molar-refractivity contribution is -0.118. The maximum atomic E-state index is 13.7. The van der Waals surface area contributed by atoms with Gasteiger partial charge in [-0.1, -0.05) is 71.0 Å². The van der Waals surface area contributed by atoms with Gasteiger partial charge < -0.3 is 20.7 Å². The number of ether oxygens (including phenoxy) is 1. The predicted molar refractivity (Wildman–Crippen MR) is 162 cm³/mol. The quantitative estimate of drug-likeness (QED) is 0.182. The van der Waals surface area contributed by atoms with Gasteiger partial charge in [-0.15, -0.1) is 6.42 Å². The Morgan fingerprint density at radius 3 is 2.16 bits per heavy atom. The smallest absolute Gasteiger partial charge is 0.385 e. The molecule has 1 aliphatic carbocycles. The van der Waals surface area contributed by atoms with Crippen LogP contribution in [0.4, 0.5) is 5.82 Å². The molecule has 5 atom stereocenters. The van der Waals surface area contributed by atoms with Crippen LogP contribution in [0.1, 0.15) is 47.2 Å². The van der Waals surface area contributed by atoms with Crippen molar-refractivity contribution in [1.29, 1.82) is 0 Å². The molecule has 43 heavy (non-hydrogen) atoms. The Bertz CT molecular complexity index is 1450. The molecule has 0 aromatic carbocycles. The van der Waals surface area contributed by atoms with E-state index in [0.717, 1.165) is 23.5 Å². The molecule has 4 N–H and O–H groups in total. The molecule has 1 saturated carbocycles. The van der Waals surface area contributed by atoms with Gasteiger partial charge in [-0.05, 0) is 12.1 Å². The normalized spacial score (nSPS) is 27.2. The highest BCUT2D eigenvalue weighted by Crippen LogP contribution is 2.64. The number of nitrogen functional groups attached to an aromatic ring is 1. The van der Waals surface area contributed by atoms with E-state index in [1.807, 2.05) is 0 Å². The van der Waals surface area contributed by atoms with Gasteiger partial charge in [-0.2, -0.15) is 5.10 Å². The minimum atomic E-state index is -4.39. The number of thioether (sulfide) groups is 2. The Balaban J connectivity index is 1.47. The molecule has 1 unspecified atom stereocenters. The van der Waals surface area contributed by atoms with Crippen LogP contribution in [0.5, 0.6) is 0 Å². The SMILES string of the molecule is C#C[C@@]1(c2ccc3c(N)ncnn23)O[C@@H]2C(OP(=O)(OCCSC(=O)C(C)(C)C)OCCSC(=O)C(C)(C)C)[C@]2(O)[C@H]1O. The molecule has 0 spiro atoms. The second kappa shape index (κ2) is 12.1. The molecule has 1 aliphatic heterocycles. The van der Waals surface area contributed by atoms with E-state index >= 15 is 0 Å². The summed E-state index contributed by atoms with van der Waals surface area (Å²) in [5, 5.41) is 26.8. The summed E-state index contributed by atoms with van der Waals surface area (Å²) in [6, 6.07) is 3.15. The van der Waals surface area contributed by atoms with Crippen molar-refractivity contribution in [2.75, 3.05) is 30.5 Å². The summed E-state index contributed by atoms with van der Waals surface area (Å²) in [6.07, 6.45) is 2.78. The van der Waals surface area contributed by atoms with E-state index in [1.54, 1.807) is 53.7 Å². The maximum absolute atomic E-state index is 13.7. The number of aromatic nitrogens is 3. The third kappa shape index (κ3) is 6.54. The van der Waals surface area contributed by atoms with Gasteiger partial charge in [0.05, 0.1) is 18.9 Å². The lowest BCUT2D eigenvalue weighted by Gasteiger charge is -2.31. The Hall–Kier alpha value is -1.99. The van der Waals surface area contributed by atoms with Crippen molar-refractivity contribution in [3.63, 3.8) is 0 Å². The Morgan fingerprint density at radius 2 is 1.70 bits per heavy atom. The van der Waals surface area contributed by atoms with Crippen molar-refractivity contribution in [3.05, 3.63) is 24.2 Å². The van der Waals surface area contributed by atoms with Crippen LogP contribution >= 0.6 is 31.3 Å². The number of phosphoric ester groups is 1. The van der Waals surface area contributed by atoms with Gasteiger partial charge in [0.2, 0.25) is 0 Å². The lowest BCUT2D eigenvalue weighted by Crippen LogP contribution is -2.47. The number of aliphatic hydroxyl groups is 2. The zero-order chi connectivity index (χ0) is 32.0. The number of nitrogens with zero attached hydrogens (tertiary/aromatic N) is 3. The number of rotatable bonds is 11. The highest BCUT2D eigenvalue weighted by Gasteiger charge is 2.83. The van der Waals surface area contributed by atoms with Crippen LogP contribution < -0.4 is 5.73 Å². The summed E-state index contributed by atoms with van der Waals surface area (Å²) < 4.78 is 37.8. The number of phosphoric acid groups is 1. The second-order valence-electron chi connectivity index (χ2n) is 12.3. The third-order valence-electron chi connectivity index (χ3n) is 6.89. The number of anilines is 1. The van der Waals surface area contributed by atoms with Crippen LogP contribution in [0.3, 0.4) is 0 Å². The summed E-state index contributed by atoms with van der Waals surface area (Å²) in [6.45, 7) is 10.3. The minimum absolute atomic E-state index is 0.0806. The molecule has 13 nitrogen and oxygen atoms in total. The third-order valence-corrected chi connectivity index (χ3v) is 10.9. The highest BCUT2D eigenvalue weighted by molar-refractivity contribution is 8.14. The molecule has 0 amide bonds. The standard InChI is InChI=1S/C27H37N4O9PS2/c1-8-26(17-10-9-16-20(28)29-15-30-31(16)17)21(32)27(35)18(39-26)19(27)40-41(36,37-11-13-42-22(33)24(2,3)4)38-12-14-43-23(34)25(5,6)7/h1,9-10,15,18-19,21,32,35H,11-14H2,2-7H3,(H2,28,29,30)/t18-,19?,21+,26+,27+/m1/s1. The zero-order valence-corrected chi connectivity index (χ0v) is 27.3. The Kier molecular flexibility index (Phi) is 9.52. The molecule has 2 aromatic rings. The topological polar surface area (TPSA) is 185 Å². The van der Waals surface area contributed by atoms with Crippen molar-refractivity contribution < 1.29 is 42.7 Å². The van der Waals surface area contributed by atoms with Crippen molar-refractivity contribution >= 4 is 52.9 Å². The fraction of sp³-hybridized carbons (Fsp3) is 0.630. The van der Waals surface area contributed by atoms with E-state index in [1.165, 1.54) is 10.8 Å². The van der Waals surface area contributed by atoms with Gasteiger partial charge in [0.25, 0.3) is 0 Å². The molecule has 2 aliphatic rings. The van der Waals surface area contributed by atoms with E-state index in [-0.39, 0.29) is 46.5 Å². The molecule has 236 valence electrons. The molecular formula is C27H37N4O9PS2. The number of hydrogen-bond donors (Lipinski definition) is 3. The summed E-state index contributed by atoms with van der Waals surface area (Å²) in [7, 11) is -4.39. The largest absolute Gasteiger partial charge is 0.475 e. The number of terminal acetylenes is 1. The highest BCUT2D eigenvalue weighted by atomic mass is 32.2. The molecule has 0 radical (unpaired) electrons. The first-order valence-corrected chi connectivity index (χ1v) is 16.9. The lowest BCUT2D eigenvalue weighted by atomic mass is 9.90. The average molecular weight is 657 g/mol. The monoisotopic (exact) mass is 656 g/mol. The Morgan fingerprint density at radius 1 is 1.14 bits per heavy atom. The first-order chi connectivity index (χ1) is 19.9. The molecule has 3 heterocycles. The van der Waals surface area contributed by atoms with Gasteiger partial charge in [0.1, 0.15) is 30.2 Å². The molecule has 1 saturated heterocycles. The van der Waals surface area contributed by atoms with Gasteiger partial charge in [-0.3, -0.25) is 23.2 Å². The molecule has 0 bridgehead atoms. The average Bonchev–Trinajstić information content (AvgIpc) is 3.18. The van der Waals surface area contributed by atoms with Crippen molar-refractivity contribution in [1.82, 2.24) is 14.6 Å². The van der Waals surface area contributed by atoms with E-state index in [4.69, 9.17) is 30.5 Å². The number of hydrogen-bond acceptors (Lipinski definition) is 14. The predicted octanol–water partition coefficient (Wildman–Crippen LogP) is 2.78. The van der Waals surface area contributed by atoms with Crippen LogP contribution in [0.15, 0.2) is 18.5 Å². The molecule has 2 fully saturated rings. The van der Waals surface area contributed by atoms with E-state index in [9.17, 15) is 24.4 Å². The number of nitrogens with two attached hydrogens (primary N) is 1. The molecular weight excluding hydrogens is 619 g/mol. The number of aliphatic hydroxyl groups excluding tert-OH is 1. The van der Waals surface area contributed by atoms with Crippen LogP contribution in [0.25, 0.3) is 5.52 Å². The Labute approximate surface area is 258 Å². The first-order valence-electron chi connectivity index (χ1n) is 13.5. The van der Waals surface area contributed by atoms with Gasteiger partial charge in [0, 0.05) is 22.3 Å². The summed E-state index contributed by atoms with van der Waals surface area (Å²) in [4.78, 5) is 28.5. The van der Waals surface area contributed by atoms with Crippen molar-refractivity contribution in [3.8, 4) is 12.3 Å². The van der Waals surface area contributed by atoms with Crippen LogP contribution in [-0.4, -0.2) is 83.7 Å². The number of carbonyl (C=O) groups is 2. The number of carbonyl (C=O) groups excluding carboxylic acids is 2. The van der Waals surface area contributed by atoms with Crippen molar-refractivity contribution in [2.45, 2.75) is 71.1 Å². The summed E-state index contributed by atoms with van der Waals surface area (Å²) >= 11 is 2.02. The number of fused-ring (bicyclic) bond motifs is 2. The molecule has 4 rings (SSSR count). The van der Waals surface area contributed by atoms with Crippen LogP contribution in [0.2, 0.25) is 0 Å². The van der Waals surface area contributed by atoms with E-state index in [0.29, 0.717) is 5.52 Å². The fourth-order valence-electron chi connectivity index (χ4n) is 4.39. The van der Waals surface area contributed by atoms with Gasteiger partial charge >= 0.3 is 7.82 Å². The maximum Gasteiger partial charge on any atom is 0.475 e. The summed E-state index contributed by atoms with van der Waals surface area (Å²) in [5.74, 6) is 2.92. The first kappa shape index (κ1) is 33.9. The van der Waals surface area contributed by atoms with Gasteiger partial charge in [0.15, 0.2) is 27.3 Å². The minimum Gasteiger partial charge on any atom is -0.385 e. The molecule has 16 heteroatoms. The fourth-order valence-corrected chi connectivity index (χ4v) is 7.59. The summed E-state index contributed by atoms with van der Waals surface area (Å²) in [5.41, 5.74) is 1.50. The van der Waals surface area contributed by atoms with Crippen LogP contribution in [0, 0.1) is 23.2 Å². The van der Waals surface area contributed by atoms with Crippen LogP contribution in [-0.2, 0) is 38.1 Å². The zero-order valence-electron chi connectivity index (χ0n) is 24.8. The molecule has 2 aromatic heterocycles. The van der Waals surface area contributed by atoms with E-state index < -0.39 is 48.2 Å².